The van der Waals surface area contributed by atoms with Crippen LogP contribution in [0.1, 0.15) is 31.1 Å². The molecule has 1 atom stereocenters. The Bertz CT molecular complexity index is 449. The average molecular weight is 314 g/mol. The molecule has 0 aliphatic carbocycles. The molecule has 1 heterocycles. The maximum atomic E-state index is 11.8. The lowest BCUT2D eigenvalue weighted by atomic mass is 10.2. The van der Waals surface area contributed by atoms with Gasteiger partial charge in [-0.2, -0.15) is 0 Å². The van der Waals surface area contributed by atoms with Gasteiger partial charge in [-0.3, -0.25) is 14.6 Å². The fourth-order valence-electron chi connectivity index (χ4n) is 1.29. The average Bonchev–Trinajstić information content (AvgIpc) is 2.27. The Morgan fingerprint density at radius 3 is 2.44 bits per heavy atom. The lowest BCUT2D eigenvalue weighted by Crippen LogP contribution is -2.46. The van der Waals surface area contributed by atoms with Gasteiger partial charge in [0.05, 0.1) is 5.56 Å². The summed E-state index contributed by atoms with van der Waals surface area (Å²) in [5.74, 6) is -0.531. The number of aromatic nitrogens is 1. The third-order valence-corrected chi connectivity index (χ3v) is 2.57. The van der Waals surface area contributed by atoms with E-state index in [0.717, 1.165) is 4.47 Å². The zero-order chi connectivity index (χ0) is 13.7. The number of amides is 2. The van der Waals surface area contributed by atoms with E-state index in [2.05, 4.69) is 31.5 Å². The lowest BCUT2D eigenvalue weighted by molar-refractivity contribution is -0.123. The fraction of sp³-hybridized carbons (Fsp3) is 0.417. The minimum Gasteiger partial charge on any atom is -0.352 e. The van der Waals surface area contributed by atoms with Crippen molar-refractivity contribution < 1.29 is 9.59 Å². The van der Waals surface area contributed by atoms with Gasteiger partial charge in [0.25, 0.3) is 5.91 Å². The van der Waals surface area contributed by atoms with E-state index in [-0.39, 0.29) is 17.9 Å². The van der Waals surface area contributed by atoms with Crippen molar-refractivity contribution in [3.63, 3.8) is 0 Å². The van der Waals surface area contributed by atoms with Crippen molar-refractivity contribution in [2.24, 2.45) is 0 Å². The van der Waals surface area contributed by atoms with E-state index in [1.165, 1.54) is 6.20 Å². The summed E-state index contributed by atoms with van der Waals surface area (Å²) in [6, 6.07) is 1.11. The maximum Gasteiger partial charge on any atom is 0.253 e. The predicted octanol–water partition coefficient (Wildman–Crippen LogP) is 1.49. The summed E-state index contributed by atoms with van der Waals surface area (Å²) in [6.45, 7) is 5.37. The molecule has 6 heteroatoms. The van der Waals surface area contributed by atoms with Crippen LogP contribution in [0.5, 0.6) is 0 Å². The van der Waals surface area contributed by atoms with Crippen molar-refractivity contribution in [1.82, 2.24) is 15.6 Å². The third-order valence-electron chi connectivity index (χ3n) is 2.14. The number of nitrogens with zero attached hydrogens (tertiary/aromatic N) is 1. The molecule has 0 saturated carbocycles. The molecule has 98 valence electrons. The van der Waals surface area contributed by atoms with Crippen LogP contribution in [0.3, 0.4) is 0 Å². The molecular formula is C12H16BrN3O2. The Kier molecular flexibility index (Phi) is 5.27. The normalized spacial score (nSPS) is 12.1. The first-order valence-electron chi connectivity index (χ1n) is 5.62. The van der Waals surface area contributed by atoms with Crippen LogP contribution >= 0.6 is 15.9 Å². The molecule has 0 saturated heterocycles. The number of carbonyl (C=O) groups is 2. The number of hydrogen-bond donors (Lipinski definition) is 2. The number of rotatable bonds is 4. The zero-order valence-electron chi connectivity index (χ0n) is 10.5. The molecule has 2 N–H and O–H groups in total. The van der Waals surface area contributed by atoms with Crippen LogP contribution < -0.4 is 10.6 Å². The van der Waals surface area contributed by atoms with E-state index in [1.807, 2.05) is 13.8 Å². The highest BCUT2D eigenvalue weighted by molar-refractivity contribution is 9.10. The lowest BCUT2D eigenvalue weighted by Gasteiger charge is -2.15. The van der Waals surface area contributed by atoms with Gasteiger partial charge in [0.15, 0.2) is 0 Å². The van der Waals surface area contributed by atoms with Crippen LogP contribution in [0.4, 0.5) is 0 Å². The first-order valence-corrected chi connectivity index (χ1v) is 6.41. The number of pyridine rings is 1. The number of hydrogen-bond acceptors (Lipinski definition) is 3. The smallest absolute Gasteiger partial charge is 0.253 e. The molecule has 5 nitrogen and oxygen atoms in total. The first-order chi connectivity index (χ1) is 8.40. The fourth-order valence-corrected chi connectivity index (χ4v) is 1.66. The number of carbonyl (C=O) groups excluding carboxylic acids is 2. The molecule has 0 radical (unpaired) electrons. The number of halogens is 1. The molecule has 0 aromatic carbocycles. The van der Waals surface area contributed by atoms with Gasteiger partial charge in [0, 0.05) is 22.9 Å². The molecule has 0 spiro atoms. The zero-order valence-corrected chi connectivity index (χ0v) is 12.1. The standard InChI is InChI=1S/C12H16BrN3O2/c1-7(2)15-11(17)8(3)16-12(18)9-4-10(13)6-14-5-9/h4-8H,1-3H3,(H,15,17)(H,16,18). The summed E-state index contributed by atoms with van der Waals surface area (Å²) in [7, 11) is 0. The second-order valence-corrected chi connectivity index (χ2v) is 5.17. The molecule has 1 rings (SSSR count). The molecule has 0 aliphatic rings. The Labute approximate surface area is 114 Å². The summed E-state index contributed by atoms with van der Waals surface area (Å²) in [5, 5.41) is 5.35. The van der Waals surface area contributed by atoms with Gasteiger partial charge in [-0.15, -0.1) is 0 Å². The molecule has 0 fully saturated rings. The highest BCUT2D eigenvalue weighted by Crippen LogP contribution is 2.09. The van der Waals surface area contributed by atoms with Crippen LogP contribution in [0.15, 0.2) is 22.9 Å². The molecule has 1 aromatic rings. The van der Waals surface area contributed by atoms with Gasteiger partial charge < -0.3 is 10.6 Å². The minimum absolute atomic E-state index is 0.0457. The second kappa shape index (κ2) is 6.49. The van der Waals surface area contributed by atoms with Crippen LogP contribution in [-0.4, -0.2) is 28.9 Å². The largest absolute Gasteiger partial charge is 0.352 e. The Morgan fingerprint density at radius 1 is 1.22 bits per heavy atom. The summed E-state index contributed by atoms with van der Waals surface area (Å²) >= 11 is 3.24. The van der Waals surface area contributed by atoms with Gasteiger partial charge in [-0.1, -0.05) is 0 Å². The van der Waals surface area contributed by atoms with Crippen molar-refractivity contribution in [2.75, 3.05) is 0 Å². The summed E-state index contributed by atoms with van der Waals surface area (Å²) in [4.78, 5) is 27.4. The highest BCUT2D eigenvalue weighted by Gasteiger charge is 2.17. The van der Waals surface area contributed by atoms with Crippen LogP contribution in [0.25, 0.3) is 0 Å². The quantitative estimate of drug-likeness (QED) is 0.884. The molecule has 18 heavy (non-hydrogen) atoms. The summed E-state index contributed by atoms with van der Waals surface area (Å²) in [6.07, 6.45) is 3.04. The van der Waals surface area contributed by atoms with Gasteiger partial charge in [-0.25, -0.2) is 0 Å². The second-order valence-electron chi connectivity index (χ2n) is 4.25. The Morgan fingerprint density at radius 2 is 1.89 bits per heavy atom. The van der Waals surface area contributed by atoms with Gasteiger partial charge in [0.1, 0.15) is 6.04 Å². The van der Waals surface area contributed by atoms with Crippen molar-refractivity contribution in [3.05, 3.63) is 28.5 Å². The molecule has 1 aromatic heterocycles. The van der Waals surface area contributed by atoms with E-state index >= 15 is 0 Å². The van der Waals surface area contributed by atoms with Crippen LogP contribution in [0, 0.1) is 0 Å². The summed E-state index contributed by atoms with van der Waals surface area (Å²) < 4.78 is 0.717. The Hall–Kier alpha value is -1.43. The van der Waals surface area contributed by atoms with Crippen molar-refractivity contribution >= 4 is 27.7 Å². The van der Waals surface area contributed by atoms with Crippen LogP contribution in [-0.2, 0) is 4.79 Å². The van der Waals surface area contributed by atoms with E-state index in [9.17, 15) is 9.59 Å². The first kappa shape index (κ1) is 14.6. The Balaban J connectivity index is 2.62. The molecular weight excluding hydrogens is 298 g/mol. The van der Waals surface area contributed by atoms with Crippen molar-refractivity contribution in [1.29, 1.82) is 0 Å². The van der Waals surface area contributed by atoms with Crippen LogP contribution in [0.2, 0.25) is 0 Å². The topological polar surface area (TPSA) is 71.1 Å². The van der Waals surface area contributed by atoms with Crippen molar-refractivity contribution in [3.8, 4) is 0 Å². The van der Waals surface area contributed by atoms with E-state index < -0.39 is 6.04 Å². The maximum absolute atomic E-state index is 11.8. The van der Waals surface area contributed by atoms with Gasteiger partial charge >= 0.3 is 0 Å². The van der Waals surface area contributed by atoms with Gasteiger partial charge in [0.2, 0.25) is 5.91 Å². The monoisotopic (exact) mass is 313 g/mol. The SMILES string of the molecule is CC(C)NC(=O)C(C)NC(=O)c1cncc(Br)c1. The molecule has 1 unspecified atom stereocenters. The van der Waals surface area contributed by atoms with E-state index in [1.54, 1.807) is 19.2 Å². The van der Waals surface area contributed by atoms with E-state index in [0.29, 0.717) is 5.56 Å². The third kappa shape index (κ3) is 4.44. The predicted molar refractivity (Wildman–Crippen MR) is 72.1 cm³/mol. The minimum atomic E-state index is -0.584. The van der Waals surface area contributed by atoms with Gasteiger partial charge in [-0.05, 0) is 42.8 Å². The highest BCUT2D eigenvalue weighted by atomic mass is 79.9. The summed E-state index contributed by atoms with van der Waals surface area (Å²) in [5.41, 5.74) is 0.411. The molecule has 0 aliphatic heterocycles. The van der Waals surface area contributed by atoms with E-state index in [4.69, 9.17) is 0 Å². The molecule has 2 amide bonds. The molecule has 0 bridgehead atoms. The van der Waals surface area contributed by atoms with Crippen molar-refractivity contribution in [2.45, 2.75) is 32.9 Å². The number of nitrogens with one attached hydrogen (secondary N) is 2.